The number of nitrogens with two attached hydrogens (primary N) is 1. The molecule has 0 fully saturated rings. The minimum absolute atomic E-state index is 0.250. The van der Waals surface area contributed by atoms with E-state index in [4.69, 9.17) is 15.2 Å². The number of anilines is 2. The van der Waals surface area contributed by atoms with Crippen LogP contribution in [0.2, 0.25) is 0 Å². The van der Waals surface area contributed by atoms with Gasteiger partial charge in [0.25, 0.3) is 5.91 Å². The molecule has 2 rings (SSSR count). The number of hydrogen-bond donors (Lipinski definition) is 2. The second kappa shape index (κ2) is 8.59. The summed E-state index contributed by atoms with van der Waals surface area (Å²) in [5.41, 5.74) is 7.37. The third kappa shape index (κ3) is 4.64. The Morgan fingerprint density at radius 2 is 2.08 bits per heavy atom. The summed E-state index contributed by atoms with van der Waals surface area (Å²) >= 11 is 3.40. The molecule has 0 aliphatic heterocycles. The molecule has 24 heavy (non-hydrogen) atoms. The standard InChI is InChI=1S/C18H21BrN2O3/c1-3-4-8-24-14-7-5-6-12(9-14)18(22)21-17-15(19)10-13(20)11-16(17)23-2/h5-7,9-11H,3-4,8,20H2,1-2H3,(H,21,22). The van der Waals surface area contributed by atoms with Crippen molar-refractivity contribution in [2.75, 3.05) is 24.8 Å². The van der Waals surface area contributed by atoms with Gasteiger partial charge >= 0.3 is 0 Å². The second-order valence-electron chi connectivity index (χ2n) is 5.26. The average Bonchev–Trinajstić information content (AvgIpc) is 2.57. The van der Waals surface area contributed by atoms with Gasteiger partial charge in [-0.1, -0.05) is 19.4 Å². The first kappa shape index (κ1) is 18.1. The number of unbranched alkanes of at least 4 members (excludes halogenated alkanes) is 1. The maximum absolute atomic E-state index is 12.5. The number of ether oxygens (including phenoxy) is 2. The topological polar surface area (TPSA) is 73.6 Å². The van der Waals surface area contributed by atoms with Crippen molar-refractivity contribution in [1.82, 2.24) is 0 Å². The van der Waals surface area contributed by atoms with Crippen molar-refractivity contribution in [1.29, 1.82) is 0 Å². The van der Waals surface area contributed by atoms with Gasteiger partial charge < -0.3 is 20.5 Å². The van der Waals surface area contributed by atoms with Gasteiger partial charge in [-0.2, -0.15) is 0 Å². The lowest BCUT2D eigenvalue weighted by molar-refractivity contribution is 0.102. The van der Waals surface area contributed by atoms with Crippen molar-refractivity contribution < 1.29 is 14.3 Å². The Bertz CT molecular complexity index is 719. The van der Waals surface area contributed by atoms with Crippen LogP contribution in [-0.2, 0) is 0 Å². The molecule has 0 aromatic heterocycles. The number of rotatable bonds is 7. The van der Waals surface area contributed by atoms with E-state index in [1.54, 1.807) is 30.3 Å². The molecule has 0 aliphatic rings. The van der Waals surface area contributed by atoms with Crippen molar-refractivity contribution in [3.8, 4) is 11.5 Å². The summed E-state index contributed by atoms with van der Waals surface area (Å²) in [5, 5.41) is 2.85. The Morgan fingerprint density at radius 3 is 2.79 bits per heavy atom. The number of halogens is 1. The van der Waals surface area contributed by atoms with Crippen molar-refractivity contribution in [3.05, 3.63) is 46.4 Å². The van der Waals surface area contributed by atoms with Crippen molar-refractivity contribution in [2.45, 2.75) is 19.8 Å². The predicted molar refractivity (Wildman–Crippen MR) is 99.9 cm³/mol. The summed E-state index contributed by atoms with van der Waals surface area (Å²) in [6.07, 6.45) is 2.04. The molecular weight excluding hydrogens is 372 g/mol. The molecule has 128 valence electrons. The lowest BCUT2D eigenvalue weighted by Gasteiger charge is -2.13. The van der Waals surface area contributed by atoms with Gasteiger partial charge in [0.2, 0.25) is 0 Å². The normalized spacial score (nSPS) is 10.3. The predicted octanol–water partition coefficient (Wildman–Crippen LogP) is 4.47. The largest absolute Gasteiger partial charge is 0.494 e. The van der Waals surface area contributed by atoms with Crippen LogP contribution < -0.4 is 20.5 Å². The molecule has 0 unspecified atom stereocenters. The molecule has 6 heteroatoms. The SMILES string of the molecule is CCCCOc1cccc(C(=O)Nc2c(Br)cc(N)cc2OC)c1. The number of carbonyl (C=O) groups is 1. The zero-order valence-electron chi connectivity index (χ0n) is 13.8. The fourth-order valence-electron chi connectivity index (χ4n) is 2.13. The van der Waals surface area contributed by atoms with Crippen LogP contribution in [0.1, 0.15) is 30.1 Å². The van der Waals surface area contributed by atoms with E-state index in [-0.39, 0.29) is 5.91 Å². The first-order valence-corrected chi connectivity index (χ1v) is 8.51. The van der Waals surface area contributed by atoms with Gasteiger partial charge in [0.05, 0.1) is 19.4 Å². The van der Waals surface area contributed by atoms with Gasteiger partial charge in [0.15, 0.2) is 0 Å². The molecule has 5 nitrogen and oxygen atoms in total. The lowest BCUT2D eigenvalue weighted by Crippen LogP contribution is -2.13. The van der Waals surface area contributed by atoms with E-state index in [0.29, 0.717) is 39.5 Å². The second-order valence-corrected chi connectivity index (χ2v) is 6.12. The smallest absolute Gasteiger partial charge is 0.255 e. The van der Waals surface area contributed by atoms with Crippen molar-refractivity contribution in [3.63, 3.8) is 0 Å². The molecule has 2 aromatic rings. The van der Waals surface area contributed by atoms with Crippen LogP contribution >= 0.6 is 15.9 Å². The van der Waals surface area contributed by atoms with Crippen LogP contribution in [0.5, 0.6) is 11.5 Å². The monoisotopic (exact) mass is 392 g/mol. The molecule has 0 bridgehead atoms. The summed E-state index contributed by atoms with van der Waals surface area (Å²) in [4.78, 5) is 12.5. The van der Waals surface area contributed by atoms with Crippen LogP contribution in [0.15, 0.2) is 40.9 Å². The molecule has 0 heterocycles. The van der Waals surface area contributed by atoms with Crippen LogP contribution in [0.25, 0.3) is 0 Å². The first-order chi connectivity index (χ1) is 11.5. The Kier molecular flexibility index (Phi) is 6.49. The van der Waals surface area contributed by atoms with E-state index >= 15 is 0 Å². The Balaban J connectivity index is 2.17. The summed E-state index contributed by atoms with van der Waals surface area (Å²) in [5.74, 6) is 0.921. The molecule has 1 amide bonds. The van der Waals surface area contributed by atoms with Crippen LogP contribution in [-0.4, -0.2) is 19.6 Å². The van der Waals surface area contributed by atoms with Crippen LogP contribution in [0, 0.1) is 0 Å². The quantitative estimate of drug-likeness (QED) is 0.538. The van der Waals surface area contributed by atoms with Gasteiger partial charge in [-0.05, 0) is 46.6 Å². The van der Waals surface area contributed by atoms with Gasteiger partial charge in [-0.15, -0.1) is 0 Å². The fourth-order valence-corrected chi connectivity index (χ4v) is 2.69. The van der Waals surface area contributed by atoms with Gasteiger partial charge in [-0.3, -0.25) is 4.79 Å². The highest BCUT2D eigenvalue weighted by atomic mass is 79.9. The van der Waals surface area contributed by atoms with E-state index in [0.717, 1.165) is 12.8 Å². The molecule has 0 saturated carbocycles. The highest BCUT2D eigenvalue weighted by Crippen LogP contribution is 2.35. The lowest BCUT2D eigenvalue weighted by atomic mass is 10.2. The minimum Gasteiger partial charge on any atom is -0.494 e. The molecule has 3 N–H and O–H groups in total. The number of amides is 1. The maximum Gasteiger partial charge on any atom is 0.255 e. The molecule has 0 saturated heterocycles. The van der Waals surface area contributed by atoms with E-state index in [1.165, 1.54) is 7.11 Å². The highest BCUT2D eigenvalue weighted by Gasteiger charge is 2.14. The van der Waals surface area contributed by atoms with Gasteiger partial charge in [-0.25, -0.2) is 0 Å². The highest BCUT2D eigenvalue weighted by molar-refractivity contribution is 9.10. The van der Waals surface area contributed by atoms with Crippen LogP contribution in [0.4, 0.5) is 11.4 Å². The zero-order valence-corrected chi connectivity index (χ0v) is 15.4. The number of nitrogens with one attached hydrogen (secondary N) is 1. The Morgan fingerprint density at radius 1 is 1.29 bits per heavy atom. The summed E-state index contributed by atoms with van der Waals surface area (Å²) in [6, 6.07) is 10.5. The Hall–Kier alpha value is -2.21. The first-order valence-electron chi connectivity index (χ1n) is 7.72. The van der Waals surface area contributed by atoms with E-state index in [2.05, 4.69) is 28.2 Å². The molecule has 0 atom stereocenters. The summed E-state index contributed by atoms with van der Waals surface area (Å²) in [6.45, 7) is 2.74. The summed E-state index contributed by atoms with van der Waals surface area (Å²) < 4.78 is 11.6. The third-order valence-corrected chi connectivity index (χ3v) is 4.02. The number of benzene rings is 2. The van der Waals surface area contributed by atoms with Gasteiger partial charge in [0, 0.05) is 21.8 Å². The number of methoxy groups -OCH3 is 1. The molecule has 0 radical (unpaired) electrons. The number of hydrogen-bond acceptors (Lipinski definition) is 4. The minimum atomic E-state index is -0.250. The molecule has 2 aromatic carbocycles. The van der Waals surface area contributed by atoms with Crippen LogP contribution in [0.3, 0.4) is 0 Å². The Labute approximate surface area is 150 Å². The fraction of sp³-hybridized carbons (Fsp3) is 0.278. The van der Waals surface area contributed by atoms with Gasteiger partial charge in [0.1, 0.15) is 11.5 Å². The van der Waals surface area contributed by atoms with E-state index < -0.39 is 0 Å². The molecule has 0 aliphatic carbocycles. The molecule has 0 spiro atoms. The third-order valence-electron chi connectivity index (χ3n) is 3.40. The molecular formula is C18H21BrN2O3. The van der Waals surface area contributed by atoms with Crippen molar-refractivity contribution in [2.24, 2.45) is 0 Å². The van der Waals surface area contributed by atoms with Crippen molar-refractivity contribution >= 4 is 33.2 Å². The maximum atomic E-state index is 12.5. The van der Waals surface area contributed by atoms with E-state index in [1.807, 2.05) is 6.07 Å². The zero-order chi connectivity index (χ0) is 17.5. The number of carbonyl (C=O) groups excluding carboxylic acids is 1. The van der Waals surface area contributed by atoms with E-state index in [9.17, 15) is 4.79 Å². The number of nitrogen functional groups attached to an aromatic ring is 1. The summed E-state index contributed by atoms with van der Waals surface area (Å²) in [7, 11) is 1.53. The average molecular weight is 393 g/mol.